The third-order valence-electron chi connectivity index (χ3n) is 3.36. The van der Waals surface area contributed by atoms with E-state index in [-0.39, 0.29) is 0 Å². The average molecular weight is 352 g/mol. The van der Waals surface area contributed by atoms with Crippen LogP contribution in [0.2, 0.25) is 0 Å². The number of rotatable bonds is 5. The van der Waals surface area contributed by atoms with Gasteiger partial charge in [0.1, 0.15) is 10.0 Å². The summed E-state index contributed by atoms with van der Waals surface area (Å²) in [6, 6.07) is 5.09. The minimum atomic E-state index is -4.32. The van der Waals surface area contributed by atoms with E-state index in [2.05, 4.69) is 10.3 Å². The first-order valence-electron chi connectivity index (χ1n) is 7.48. The lowest BCUT2D eigenvalue weighted by molar-refractivity contribution is -0.137. The van der Waals surface area contributed by atoms with Crippen LogP contribution in [0.1, 0.15) is 25.1 Å². The molecule has 1 heterocycles. The largest absolute Gasteiger partial charge is 0.416 e. The molecule has 0 radical (unpaired) electrons. The van der Waals surface area contributed by atoms with Crippen LogP contribution in [0.15, 0.2) is 48.1 Å². The molecule has 2 rings (SSSR count). The lowest BCUT2D eigenvalue weighted by Gasteiger charge is -2.06. The van der Waals surface area contributed by atoms with Gasteiger partial charge >= 0.3 is 6.18 Å². The Balaban J connectivity index is 2.13. The van der Waals surface area contributed by atoms with Gasteiger partial charge in [0.05, 0.1) is 11.3 Å². The van der Waals surface area contributed by atoms with E-state index >= 15 is 0 Å². The molecule has 2 nitrogen and oxygen atoms in total. The van der Waals surface area contributed by atoms with Gasteiger partial charge in [0.25, 0.3) is 0 Å². The van der Waals surface area contributed by atoms with Gasteiger partial charge in [0, 0.05) is 12.1 Å². The normalized spacial score (nSPS) is 12.8. The highest BCUT2D eigenvalue weighted by atomic mass is 32.1. The van der Waals surface area contributed by atoms with Gasteiger partial charge in [0.2, 0.25) is 0 Å². The van der Waals surface area contributed by atoms with Crippen molar-refractivity contribution in [2.24, 2.45) is 0 Å². The van der Waals surface area contributed by atoms with Crippen LogP contribution in [0.3, 0.4) is 0 Å². The molecular formula is C18H19F3N2S. The van der Waals surface area contributed by atoms with Crippen molar-refractivity contribution in [3.8, 4) is 10.6 Å². The SMILES string of the molecule is C/C=C\C=C(/C)CNc1sc(-c2ccc(C(F)(F)F)cc2)nc1C. The van der Waals surface area contributed by atoms with Crippen molar-refractivity contribution in [1.82, 2.24) is 4.98 Å². The van der Waals surface area contributed by atoms with Crippen molar-refractivity contribution in [1.29, 1.82) is 0 Å². The molecule has 0 aliphatic heterocycles. The number of nitrogens with one attached hydrogen (secondary N) is 1. The second kappa shape index (κ2) is 7.66. The van der Waals surface area contributed by atoms with E-state index in [9.17, 15) is 13.2 Å². The van der Waals surface area contributed by atoms with Crippen LogP contribution in [0.4, 0.5) is 18.2 Å². The molecule has 0 fully saturated rings. The molecule has 1 aromatic carbocycles. The molecule has 2 aromatic rings. The number of thiazole rings is 1. The third-order valence-corrected chi connectivity index (χ3v) is 4.52. The van der Waals surface area contributed by atoms with Crippen LogP contribution in [0.25, 0.3) is 10.6 Å². The Hall–Kier alpha value is -2.08. The highest BCUT2D eigenvalue weighted by Gasteiger charge is 2.30. The monoisotopic (exact) mass is 352 g/mol. The van der Waals surface area contributed by atoms with Crippen LogP contribution in [0, 0.1) is 6.92 Å². The van der Waals surface area contributed by atoms with Crippen molar-refractivity contribution >= 4 is 16.3 Å². The Labute approximate surface area is 143 Å². The van der Waals surface area contributed by atoms with Crippen LogP contribution < -0.4 is 5.32 Å². The molecule has 0 aliphatic carbocycles. The molecule has 0 amide bonds. The first-order valence-corrected chi connectivity index (χ1v) is 8.30. The Morgan fingerprint density at radius 1 is 1.25 bits per heavy atom. The molecule has 0 saturated carbocycles. The summed E-state index contributed by atoms with van der Waals surface area (Å²) in [7, 11) is 0. The molecule has 24 heavy (non-hydrogen) atoms. The van der Waals surface area contributed by atoms with Crippen LogP contribution in [0.5, 0.6) is 0 Å². The summed E-state index contributed by atoms with van der Waals surface area (Å²) in [4.78, 5) is 4.45. The van der Waals surface area contributed by atoms with Crippen molar-refractivity contribution in [3.05, 3.63) is 59.3 Å². The lowest BCUT2D eigenvalue weighted by atomic mass is 10.1. The fourth-order valence-corrected chi connectivity index (χ4v) is 2.99. The molecule has 0 aliphatic rings. The van der Waals surface area contributed by atoms with E-state index < -0.39 is 11.7 Å². The maximum Gasteiger partial charge on any atom is 0.416 e. The summed E-state index contributed by atoms with van der Waals surface area (Å²) in [5, 5.41) is 4.96. The van der Waals surface area contributed by atoms with Gasteiger partial charge < -0.3 is 5.32 Å². The number of anilines is 1. The minimum Gasteiger partial charge on any atom is -0.372 e. The number of benzene rings is 1. The molecule has 0 spiro atoms. The number of hydrogen-bond donors (Lipinski definition) is 1. The summed E-state index contributed by atoms with van der Waals surface area (Å²) >= 11 is 1.44. The van der Waals surface area contributed by atoms with E-state index in [0.29, 0.717) is 17.1 Å². The van der Waals surface area contributed by atoms with Gasteiger partial charge in [-0.1, -0.05) is 47.3 Å². The van der Waals surface area contributed by atoms with Gasteiger partial charge in [-0.25, -0.2) is 4.98 Å². The summed E-state index contributed by atoms with van der Waals surface area (Å²) in [6.45, 7) is 6.57. The van der Waals surface area contributed by atoms with Crippen molar-refractivity contribution in [3.63, 3.8) is 0 Å². The second-order valence-corrected chi connectivity index (χ2v) is 6.40. The van der Waals surface area contributed by atoms with E-state index in [1.54, 1.807) is 0 Å². The smallest absolute Gasteiger partial charge is 0.372 e. The molecule has 0 unspecified atom stereocenters. The molecule has 6 heteroatoms. The summed E-state index contributed by atoms with van der Waals surface area (Å²) in [6.07, 6.45) is 1.65. The summed E-state index contributed by atoms with van der Waals surface area (Å²) < 4.78 is 37.9. The van der Waals surface area contributed by atoms with E-state index in [4.69, 9.17) is 0 Å². The van der Waals surface area contributed by atoms with E-state index in [1.807, 2.05) is 39.0 Å². The molecule has 0 bridgehead atoms. The number of nitrogens with zero attached hydrogens (tertiary/aromatic N) is 1. The predicted molar refractivity (Wildman–Crippen MR) is 94.3 cm³/mol. The molecule has 0 saturated heterocycles. The number of aromatic nitrogens is 1. The summed E-state index contributed by atoms with van der Waals surface area (Å²) in [5.74, 6) is 0. The van der Waals surface area contributed by atoms with E-state index in [0.717, 1.165) is 22.8 Å². The van der Waals surface area contributed by atoms with Gasteiger partial charge in [-0.15, -0.1) is 0 Å². The predicted octanol–water partition coefficient (Wildman–Crippen LogP) is 6.07. The van der Waals surface area contributed by atoms with Crippen LogP contribution in [-0.4, -0.2) is 11.5 Å². The number of halogens is 3. The fraction of sp³-hybridized carbons (Fsp3) is 0.278. The first-order chi connectivity index (χ1) is 11.3. The number of hydrogen-bond acceptors (Lipinski definition) is 3. The average Bonchev–Trinajstić information content (AvgIpc) is 2.91. The quantitative estimate of drug-likeness (QED) is 0.661. The Morgan fingerprint density at radius 3 is 2.50 bits per heavy atom. The van der Waals surface area contributed by atoms with Gasteiger partial charge in [-0.2, -0.15) is 13.2 Å². The molecule has 0 atom stereocenters. The zero-order valence-electron chi connectivity index (χ0n) is 13.7. The maximum atomic E-state index is 12.6. The number of alkyl halides is 3. The first kappa shape index (κ1) is 18.3. The van der Waals surface area contributed by atoms with Crippen molar-refractivity contribution < 1.29 is 13.2 Å². The third kappa shape index (κ3) is 4.71. The Kier molecular flexibility index (Phi) is 5.83. The fourth-order valence-electron chi connectivity index (χ4n) is 2.02. The number of aryl methyl sites for hydroxylation is 1. The zero-order valence-corrected chi connectivity index (χ0v) is 14.6. The molecule has 128 valence electrons. The van der Waals surface area contributed by atoms with Crippen LogP contribution in [-0.2, 0) is 6.18 Å². The lowest BCUT2D eigenvalue weighted by Crippen LogP contribution is -2.03. The molecule has 1 aromatic heterocycles. The standard InChI is InChI=1S/C18H19F3N2S/c1-4-5-6-12(2)11-22-16-13(3)23-17(24-16)14-7-9-15(10-8-14)18(19,20)21/h4-10,22H,11H2,1-3H3/b5-4-,12-6+. The van der Waals surface area contributed by atoms with Crippen molar-refractivity contribution in [2.45, 2.75) is 26.9 Å². The zero-order chi connectivity index (χ0) is 17.7. The molecular weight excluding hydrogens is 333 g/mol. The van der Waals surface area contributed by atoms with Gasteiger partial charge in [0.15, 0.2) is 0 Å². The van der Waals surface area contributed by atoms with Gasteiger partial charge in [-0.3, -0.25) is 0 Å². The molecule has 1 N–H and O–H groups in total. The van der Waals surface area contributed by atoms with Gasteiger partial charge in [-0.05, 0) is 32.9 Å². The second-order valence-electron chi connectivity index (χ2n) is 5.40. The Morgan fingerprint density at radius 2 is 1.92 bits per heavy atom. The minimum absolute atomic E-state index is 0.650. The Bertz CT molecular complexity index is 741. The summed E-state index contributed by atoms with van der Waals surface area (Å²) in [5.41, 5.74) is 2.05. The highest BCUT2D eigenvalue weighted by molar-refractivity contribution is 7.19. The maximum absolute atomic E-state index is 12.6. The number of allylic oxidation sites excluding steroid dienone is 3. The topological polar surface area (TPSA) is 24.9 Å². The van der Waals surface area contributed by atoms with Crippen LogP contribution >= 0.6 is 11.3 Å². The van der Waals surface area contributed by atoms with Crippen molar-refractivity contribution in [2.75, 3.05) is 11.9 Å². The van der Waals surface area contributed by atoms with E-state index in [1.165, 1.54) is 29.0 Å². The highest BCUT2D eigenvalue weighted by Crippen LogP contribution is 2.34.